The third-order valence-electron chi connectivity index (χ3n) is 3.91. The van der Waals surface area contributed by atoms with Crippen LogP contribution in [0.1, 0.15) is 22.3 Å². The molecule has 1 saturated heterocycles. The summed E-state index contributed by atoms with van der Waals surface area (Å²) in [5.41, 5.74) is -0.0380. The highest BCUT2D eigenvalue weighted by Crippen LogP contribution is 2.27. The van der Waals surface area contributed by atoms with E-state index < -0.39 is 0 Å². The number of carbonyl (C=O) groups excluding carboxylic acids is 1. The number of likely N-dealkylation sites (tertiary alicyclic amines) is 1. The van der Waals surface area contributed by atoms with Crippen LogP contribution in [-0.4, -0.2) is 53.8 Å². The number of hydrogen-bond acceptors (Lipinski definition) is 8. The molecule has 0 saturated carbocycles. The van der Waals surface area contributed by atoms with Gasteiger partial charge in [-0.25, -0.2) is 14.6 Å². The Morgan fingerprint density at radius 2 is 1.96 bits per heavy atom. The van der Waals surface area contributed by atoms with Gasteiger partial charge in [0.15, 0.2) is 0 Å². The molecule has 10 nitrogen and oxygen atoms in total. The summed E-state index contributed by atoms with van der Waals surface area (Å²) < 4.78 is 6.39. The van der Waals surface area contributed by atoms with Crippen molar-refractivity contribution in [3.8, 4) is 11.6 Å². The fraction of sp³-hybridized carbons (Fsp3) is 0.267. The lowest BCUT2D eigenvalue weighted by atomic mass is 9.99. The lowest BCUT2D eigenvalue weighted by Crippen LogP contribution is -2.49. The average molecular weight is 339 g/mol. The molecule has 0 radical (unpaired) electrons. The van der Waals surface area contributed by atoms with Crippen molar-refractivity contribution in [2.75, 3.05) is 13.1 Å². The van der Waals surface area contributed by atoms with Gasteiger partial charge in [0.25, 0.3) is 11.5 Å². The molecule has 1 fully saturated rings. The van der Waals surface area contributed by atoms with Crippen molar-refractivity contribution in [2.45, 2.75) is 5.92 Å². The van der Waals surface area contributed by atoms with E-state index in [-0.39, 0.29) is 23.1 Å². The van der Waals surface area contributed by atoms with Crippen molar-refractivity contribution >= 4 is 5.91 Å². The fourth-order valence-corrected chi connectivity index (χ4v) is 2.49. The van der Waals surface area contributed by atoms with E-state index in [0.717, 1.165) is 4.68 Å². The number of nitrogens with zero attached hydrogens (tertiary/aromatic N) is 7. The Hall–Kier alpha value is -3.43. The van der Waals surface area contributed by atoms with Crippen LogP contribution in [-0.2, 0) is 7.05 Å². The second-order valence-electron chi connectivity index (χ2n) is 5.62. The van der Waals surface area contributed by atoms with Gasteiger partial charge in [-0.15, -0.1) is 0 Å². The van der Waals surface area contributed by atoms with Gasteiger partial charge in [0.1, 0.15) is 5.69 Å². The smallest absolute Gasteiger partial charge is 0.274 e. The number of carbonyl (C=O) groups is 1. The number of hydrogen-bond donors (Lipinski definition) is 0. The monoisotopic (exact) mass is 339 g/mol. The molecule has 1 aliphatic rings. The zero-order valence-electron chi connectivity index (χ0n) is 13.2. The van der Waals surface area contributed by atoms with Crippen LogP contribution in [0.4, 0.5) is 0 Å². The van der Waals surface area contributed by atoms with Crippen molar-refractivity contribution in [3.63, 3.8) is 0 Å². The molecular formula is C15H13N7O3. The van der Waals surface area contributed by atoms with Crippen LogP contribution in [0.2, 0.25) is 0 Å². The summed E-state index contributed by atoms with van der Waals surface area (Å²) >= 11 is 0. The third kappa shape index (κ3) is 2.77. The Morgan fingerprint density at radius 1 is 1.20 bits per heavy atom. The zero-order valence-corrected chi connectivity index (χ0v) is 13.2. The summed E-state index contributed by atoms with van der Waals surface area (Å²) in [7, 11) is 1.50. The van der Waals surface area contributed by atoms with Crippen molar-refractivity contribution in [2.24, 2.45) is 7.05 Å². The summed E-state index contributed by atoms with van der Waals surface area (Å²) in [6.45, 7) is 0.890. The zero-order chi connectivity index (χ0) is 17.4. The van der Waals surface area contributed by atoms with Crippen LogP contribution in [0.25, 0.3) is 11.6 Å². The van der Waals surface area contributed by atoms with E-state index in [1.807, 2.05) is 0 Å². The van der Waals surface area contributed by atoms with E-state index in [1.54, 1.807) is 23.4 Å². The minimum Gasteiger partial charge on any atom is -0.338 e. The quantitative estimate of drug-likeness (QED) is 0.646. The van der Waals surface area contributed by atoms with Crippen molar-refractivity contribution in [1.29, 1.82) is 0 Å². The number of rotatable bonds is 3. The summed E-state index contributed by atoms with van der Waals surface area (Å²) in [4.78, 5) is 37.7. The molecule has 126 valence electrons. The maximum Gasteiger partial charge on any atom is 0.274 e. The molecule has 4 heterocycles. The van der Waals surface area contributed by atoms with Gasteiger partial charge in [-0.05, 0) is 12.1 Å². The average Bonchev–Trinajstić information content (AvgIpc) is 3.06. The molecule has 25 heavy (non-hydrogen) atoms. The Morgan fingerprint density at radius 3 is 2.68 bits per heavy atom. The van der Waals surface area contributed by atoms with Crippen LogP contribution in [0.15, 0.2) is 39.9 Å². The summed E-state index contributed by atoms with van der Waals surface area (Å²) in [6, 6.07) is 4.45. The highest BCUT2D eigenvalue weighted by atomic mass is 16.5. The minimum atomic E-state index is -0.264. The second kappa shape index (κ2) is 5.89. The maximum absolute atomic E-state index is 12.4. The van der Waals surface area contributed by atoms with Gasteiger partial charge >= 0.3 is 0 Å². The Kier molecular flexibility index (Phi) is 3.56. The van der Waals surface area contributed by atoms with Crippen molar-refractivity contribution < 1.29 is 9.32 Å². The second-order valence-corrected chi connectivity index (χ2v) is 5.62. The standard InChI is InChI=1S/C15H13N7O3/c1-21-11(23)4-3-10(19-21)15(24)22-7-9(8-22)14-18-13(20-25-14)12-16-5-2-6-17-12/h2-6,9H,7-8H2,1H3. The summed E-state index contributed by atoms with van der Waals surface area (Å²) in [5, 5.41) is 7.84. The van der Waals surface area contributed by atoms with E-state index in [0.29, 0.717) is 30.6 Å². The van der Waals surface area contributed by atoms with Crippen LogP contribution in [0.5, 0.6) is 0 Å². The first kappa shape index (κ1) is 15.1. The SMILES string of the molecule is Cn1nc(C(=O)N2CC(c3nc(-c4ncccn4)no3)C2)ccc1=O. The van der Waals surface area contributed by atoms with Gasteiger partial charge in [-0.1, -0.05) is 5.16 Å². The van der Waals surface area contributed by atoms with Crippen molar-refractivity contribution in [3.05, 3.63) is 52.5 Å². The van der Waals surface area contributed by atoms with Gasteiger partial charge < -0.3 is 9.42 Å². The minimum absolute atomic E-state index is 0.0403. The largest absolute Gasteiger partial charge is 0.338 e. The molecular weight excluding hydrogens is 326 g/mol. The molecule has 0 atom stereocenters. The van der Waals surface area contributed by atoms with E-state index in [9.17, 15) is 9.59 Å². The normalized spacial score (nSPS) is 14.4. The van der Waals surface area contributed by atoms with Gasteiger partial charge in [0, 0.05) is 38.6 Å². The maximum atomic E-state index is 12.4. The lowest BCUT2D eigenvalue weighted by molar-refractivity contribution is 0.0560. The molecule has 1 aliphatic heterocycles. The number of amides is 1. The van der Waals surface area contributed by atoms with Crippen LogP contribution in [0.3, 0.4) is 0 Å². The highest BCUT2D eigenvalue weighted by molar-refractivity contribution is 5.92. The molecule has 10 heteroatoms. The van der Waals surface area contributed by atoms with E-state index >= 15 is 0 Å². The third-order valence-corrected chi connectivity index (χ3v) is 3.91. The first-order valence-corrected chi connectivity index (χ1v) is 7.56. The van der Waals surface area contributed by atoms with Crippen LogP contribution in [0, 0.1) is 0 Å². The predicted octanol–water partition coefficient (Wildman–Crippen LogP) is -0.140. The topological polar surface area (TPSA) is 120 Å². The molecule has 0 N–H and O–H groups in total. The van der Waals surface area contributed by atoms with Gasteiger partial charge in [0.05, 0.1) is 5.92 Å². The van der Waals surface area contributed by atoms with E-state index in [1.165, 1.54) is 19.2 Å². The van der Waals surface area contributed by atoms with Crippen molar-refractivity contribution in [1.82, 2.24) is 34.8 Å². The molecule has 1 amide bonds. The molecule has 4 rings (SSSR count). The van der Waals surface area contributed by atoms with Crippen LogP contribution < -0.4 is 5.56 Å². The molecule has 0 aliphatic carbocycles. The van der Waals surface area contributed by atoms with Gasteiger partial charge in [-0.2, -0.15) is 10.1 Å². The van der Waals surface area contributed by atoms with Gasteiger partial charge in [-0.3, -0.25) is 9.59 Å². The van der Waals surface area contributed by atoms with Gasteiger partial charge in [0.2, 0.25) is 17.5 Å². The molecule has 0 bridgehead atoms. The Balaban J connectivity index is 1.43. The predicted molar refractivity (Wildman–Crippen MR) is 83.4 cm³/mol. The highest BCUT2D eigenvalue weighted by Gasteiger charge is 2.36. The number of aromatic nitrogens is 6. The van der Waals surface area contributed by atoms with E-state index in [2.05, 4.69) is 25.2 Å². The Labute approximate surface area is 141 Å². The molecule has 3 aromatic rings. The molecule has 0 aromatic carbocycles. The van der Waals surface area contributed by atoms with Crippen LogP contribution >= 0.6 is 0 Å². The fourth-order valence-electron chi connectivity index (χ4n) is 2.49. The molecule has 0 unspecified atom stereocenters. The van der Waals surface area contributed by atoms with E-state index in [4.69, 9.17) is 4.52 Å². The summed E-state index contributed by atoms with van der Waals surface area (Å²) in [6.07, 6.45) is 3.20. The Bertz CT molecular complexity index is 976. The lowest BCUT2D eigenvalue weighted by Gasteiger charge is -2.36. The molecule has 3 aromatic heterocycles. The number of aryl methyl sites for hydroxylation is 1. The summed E-state index contributed by atoms with van der Waals surface area (Å²) in [5.74, 6) is 0.874. The molecule has 0 spiro atoms. The first-order chi connectivity index (χ1) is 12.1. The first-order valence-electron chi connectivity index (χ1n) is 7.56.